The summed E-state index contributed by atoms with van der Waals surface area (Å²) in [7, 11) is 1.28. The average Bonchev–Trinajstić information content (AvgIpc) is 2.13. The van der Waals surface area contributed by atoms with Gasteiger partial charge in [0.25, 0.3) is 0 Å². The lowest BCUT2D eigenvalue weighted by Crippen LogP contribution is -2.11. The first-order chi connectivity index (χ1) is 6.57. The van der Waals surface area contributed by atoms with Crippen molar-refractivity contribution in [2.45, 2.75) is 0 Å². The van der Waals surface area contributed by atoms with Gasteiger partial charge in [-0.3, -0.25) is 4.79 Å². The number of halogens is 3. The molecule has 1 rings (SSSR count). The van der Waals surface area contributed by atoms with E-state index in [1.54, 1.807) is 0 Å². The molecule has 0 aliphatic rings. The molecule has 0 spiro atoms. The zero-order valence-corrected chi connectivity index (χ0v) is 8.07. The highest BCUT2D eigenvalue weighted by molar-refractivity contribution is 6.34. The van der Waals surface area contributed by atoms with Gasteiger partial charge in [-0.1, -0.05) is 11.6 Å². The topological polar surface area (TPSA) is 26.3 Å². The van der Waals surface area contributed by atoms with Crippen molar-refractivity contribution in [2.24, 2.45) is 0 Å². The first-order valence-corrected chi connectivity index (χ1v) is 4.11. The van der Waals surface area contributed by atoms with Crippen LogP contribution < -0.4 is 0 Å². The van der Waals surface area contributed by atoms with Crippen LogP contribution in [0.15, 0.2) is 12.1 Å². The highest BCUT2D eigenvalue weighted by Gasteiger charge is 2.18. The molecule has 76 valence electrons. The molecule has 5 heteroatoms. The van der Waals surface area contributed by atoms with Crippen molar-refractivity contribution in [3.8, 4) is 0 Å². The van der Waals surface area contributed by atoms with E-state index in [1.807, 2.05) is 0 Å². The van der Waals surface area contributed by atoms with E-state index in [-0.39, 0.29) is 11.6 Å². The van der Waals surface area contributed by atoms with Crippen molar-refractivity contribution in [3.63, 3.8) is 0 Å². The molecule has 0 heterocycles. The van der Waals surface area contributed by atoms with E-state index in [1.165, 1.54) is 7.11 Å². The molecule has 0 amide bonds. The number of carbonyl (C=O) groups is 1. The molecule has 1 aromatic rings. The third-order valence-corrected chi connectivity index (χ3v) is 1.91. The Hall–Kier alpha value is -1.00. The number of ketones is 1. The van der Waals surface area contributed by atoms with Gasteiger partial charge in [0.2, 0.25) is 0 Å². The molecule has 0 radical (unpaired) electrons. The molecular weight excluding hydrogens is 214 g/mol. The maximum atomic E-state index is 13.1. The summed E-state index contributed by atoms with van der Waals surface area (Å²) in [5, 5.41) is -0.119. The summed E-state index contributed by atoms with van der Waals surface area (Å²) in [6.45, 7) is -0.333. The quantitative estimate of drug-likeness (QED) is 0.578. The van der Waals surface area contributed by atoms with E-state index in [9.17, 15) is 13.6 Å². The lowest BCUT2D eigenvalue weighted by atomic mass is 10.1. The minimum atomic E-state index is -1.24. The second kappa shape index (κ2) is 4.48. The number of benzene rings is 1. The maximum Gasteiger partial charge on any atom is 0.193 e. The molecule has 0 N–H and O–H groups in total. The number of carbonyl (C=O) groups excluding carboxylic acids is 1. The fourth-order valence-corrected chi connectivity index (χ4v) is 1.24. The van der Waals surface area contributed by atoms with Crippen LogP contribution >= 0.6 is 11.6 Å². The standard InChI is InChI=1S/C9H7ClF2O2/c1-14-4-7(13)8-5(10)2-3-6(11)9(8)12/h2-3H,4H2,1H3. The van der Waals surface area contributed by atoms with Gasteiger partial charge in [0, 0.05) is 7.11 Å². The second-order valence-electron chi connectivity index (χ2n) is 2.57. The van der Waals surface area contributed by atoms with Gasteiger partial charge in [-0.25, -0.2) is 8.78 Å². The van der Waals surface area contributed by atoms with Gasteiger partial charge in [0.1, 0.15) is 6.61 Å². The Labute approximate surface area is 84.4 Å². The van der Waals surface area contributed by atoms with Crippen LogP contribution in [0.3, 0.4) is 0 Å². The van der Waals surface area contributed by atoms with Crippen molar-refractivity contribution >= 4 is 17.4 Å². The average molecular weight is 221 g/mol. The van der Waals surface area contributed by atoms with Crippen LogP contribution in [0.1, 0.15) is 10.4 Å². The van der Waals surface area contributed by atoms with E-state index < -0.39 is 23.0 Å². The molecule has 0 aromatic heterocycles. The lowest BCUT2D eigenvalue weighted by Gasteiger charge is -2.04. The number of rotatable bonds is 3. The Balaban J connectivity index is 3.18. The smallest absolute Gasteiger partial charge is 0.193 e. The molecule has 0 bridgehead atoms. The maximum absolute atomic E-state index is 13.1. The molecule has 0 aliphatic carbocycles. The van der Waals surface area contributed by atoms with Gasteiger partial charge in [-0.15, -0.1) is 0 Å². The molecular formula is C9H7ClF2O2. The third-order valence-electron chi connectivity index (χ3n) is 1.60. The highest BCUT2D eigenvalue weighted by Crippen LogP contribution is 2.21. The first-order valence-electron chi connectivity index (χ1n) is 3.73. The van der Waals surface area contributed by atoms with Crippen LogP contribution in [0.2, 0.25) is 5.02 Å². The van der Waals surface area contributed by atoms with Crippen molar-refractivity contribution in [3.05, 3.63) is 34.4 Å². The van der Waals surface area contributed by atoms with E-state index in [4.69, 9.17) is 11.6 Å². The molecule has 0 aliphatic heterocycles. The fourth-order valence-electron chi connectivity index (χ4n) is 0.986. The molecule has 2 nitrogen and oxygen atoms in total. The molecule has 0 fully saturated rings. The van der Waals surface area contributed by atoms with E-state index in [0.717, 1.165) is 12.1 Å². The van der Waals surface area contributed by atoms with E-state index >= 15 is 0 Å². The molecule has 14 heavy (non-hydrogen) atoms. The number of hydrogen-bond donors (Lipinski definition) is 0. The Morgan fingerprint density at radius 3 is 2.71 bits per heavy atom. The minimum Gasteiger partial charge on any atom is -0.377 e. The van der Waals surface area contributed by atoms with Crippen molar-refractivity contribution in [1.82, 2.24) is 0 Å². The molecule has 0 saturated carbocycles. The van der Waals surface area contributed by atoms with Crippen molar-refractivity contribution in [1.29, 1.82) is 0 Å². The van der Waals surface area contributed by atoms with Crippen LogP contribution in [0.4, 0.5) is 8.78 Å². The van der Waals surface area contributed by atoms with Gasteiger partial charge in [0.15, 0.2) is 17.4 Å². The van der Waals surface area contributed by atoms with E-state index in [0.29, 0.717) is 0 Å². The summed E-state index contributed by atoms with van der Waals surface area (Å²) in [6, 6.07) is 1.99. The lowest BCUT2D eigenvalue weighted by molar-refractivity contribution is 0.0843. The number of ether oxygens (including phenoxy) is 1. The van der Waals surface area contributed by atoms with Crippen LogP contribution in [0.5, 0.6) is 0 Å². The SMILES string of the molecule is COCC(=O)c1c(Cl)ccc(F)c1F. The Bertz CT molecular complexity index is 366. The van der Waals surface area contributed by atoms with Gasteiger partial charge in [0.05, 0.1) is 10.6 Å². The van der Waals surface area contributed by atoms with E-state index in [2.05, 4.69) is 4.74 Å². The molecule has 0 atom stereocenters. The summed E-state index contributed by atoms with van der Waals surface area (Å²) in [5.74, 6) is -3.03. The second-order valence-corrected chi connectivity index (χ2v) is 2.98. The highest BCUT2D eigenvalue weighted by atomic mass is 35.5. The summed E-state index contributed by atoms with van der Waals surface area (Å²) in [6.07, 6.45) is 0. The number of hydrogen-bond acceptors (Lipinski definition) is 2. The monoisotopic (exact) mass is 220 g/mol. The molecule has 0 saturated heterocycles. The summed E-state index contributed by atoms with van der Waals surface area (Å²) in [5.41, 5.74) is -0.464. The first kappa shape index (κ1) is 11.1. The zero-order valence-electron chi connectivity index (χ0n) is 7.31. The van der Waals surface area contributed by atoms with Crippen LogP contribution in [-0.2, 0) is 4.74 Å². The normalized spacial score (nSPS) is 10.3. The van der Waals surface area contributed by atoms with Crippen LogP contribution in [-0.4, -0.2) is 19.5 Å². The number of Topliss-reactive ketones (excluding diaryl/α,β-unsaturated/α-hetero) is 1. The summed E-state index contributed by atoms with van der Waals surface area (Å²) >= 11 is 5.55. The summed E-state index contributed by atoms with van der Waals surface area (Å²) < 4.78 is 30.3. The predicted molar refractivity (Wildman–Crippen MR) is 47.6 cm³/mol. The largest absolute Gasteiger partial charge is 0.377 e. The van der Waals surface area contributed by atoms with Crippen LogP contribution in [0, 0.1) is 11.6 Å². The fraction of sp³-hybridized carbons (Fsp3) is 0.222. The third kappa shape index (κ3) is 2.08. The van der Waals surface area contributed by atoms with Gasteiger partial charge in [-0.05, 0) is 12.1 Å². The summed E-state index contributed by atoms with van der Waals surface area (Å²) in [4.78, 5) is 11.2. The van der Waals surface area contributed by atoms with Gasteiger partial charge >= 0.3 is 0 Å². The number of methoxy groups -OCH3 is 1. The molecule has 1 aromatic carbocycles. The van der Waals surface area contributed by atoms with Gasteiger partial charge in [-0.2, -0.15) is 0 Å². The Morgan fingerprint density at radius 1 is 1.50 bits per heavy atom. The molecule has 0 unspecified atom stereocenters. The Kier molecular flexibility index (Phi) is 3.55. The van der Waals surface area contributed by atoms with Gasteiger partial charge < -0.3 is 4.74 Å². The zero-order chi connectivity index (χ0) is 10.7. The van der Waals surface area contributed by atoms with Crippen molar-refractivity contribution in [2.75, 3.05) is 13.7 Å². The van der Waals surface area contributed by atoms with Crippen molar-refractivity contribution < 1.29 is 18.3 Å². The predicted octanol–water partition coefficient (Wildman–Crippen LogP) is 2.45. The Morgan fingerprint density at radius 2 is 2.14 bits per heavy atom. The minimum absolute atomic E-state index is 0.119. The van der Waals surface area contributed by atoms with Crippen LogP contribution in [0.25, 0.3) is 0 Å².